The van der Waals surface area contributed by atoms with Crippen LogP contribution in [0.1, 0.15) is 138 Å². The number of alkyl halides is 1. The number of aliphatic hydroxyl groups is 2. The van der Waals surface area contributed by atoms with Crippen molar-refractivity contribution < 1.29 is 97.4 Å². The number of amides is 1. The summed E-state index contributed by atoms with van der Waals surface area (Å²) in [7, 11) is -6.94. The van der Waals surface area contributed by atoms with Crippen LogP contribution in [0, 0.1) is 41.8 Å². The normalized spacial score (nSPS) is 18.5. The van der Waals surface area contributed by atoms with Gasteiger partial charge in [0.1, 0.15) is 70.8 Å². The van der Waals surface area contributed by atoms with Gasteiger partial charge in [0.15, 0.2) is 20.9 Å². The number of hydrogen-bond acceptors (Lipinski definition) is 36. The molecule has 13 N–H and O–H groups in total. The van der Waals surface area contributed by atoms with E-state index in [1.807, 2.05) is 26.8 Å². The third-order valence-electron chi connectivity index (χ3n) is 21.0. The molecule has 6 fully saturated rings. The summed E-state index contributed by atoms with van der Waals surface area (Å²) < 4.78 is 141. The van der Waals surface area contributed by atoms with Crippen LogP contribution in [-0.2, 0) is 47.2 Å². The lowest BCUT2D eigenvalue weighted by Gasteiger charge is -2.37. The topological polar surface area (TPSA) is 606 Å². The number of para-hydroxylation sites is 4. The highest BCUT2D eigenvalue weighted by molar-refractivity contribution is 8.14. The van der Waals surface area contributed by atoms with E-state index >= 15 is 0 Å². The summed E-state index contributed by atoms with van der Waals surface area (Å²) in [6.45, 7) is 11.5. The SMILES string of the molecule is CC(C)(C)OC(=O)N1CCCCC1CO.N#CN1CCCCC1COc1ccnc(N)c1.Nc1cc(OCC2CCCCN2)ccn1.Nc1cc(OCC2CCCCN2S(=O)(=O)c2ccccc2[N+](=O)[O-])ccn1.Nc1cncc(O)c1.O=[N+]([O-])c1ccccc1S(=O)(=O)Cl.O=[N+]([O-])c1ccccc1S(=O)(=O)OCC1CCCCN1c1ccccc1S(=O)(=O)Cl.OCC1CCCCN1.[2H]CF. The molecular formula is C87H119Cl2FN18O23S4. The van der Waals surface area contributed by atoms with Crippen molar-refractivity contribution in [1.29, 1.82) is 5.26 Å². The molecule has 0 bridgehead atoms. The number of rotatable bonds is 23. The maximum atomic E-state index is 13.1. The van der Waals surface area contributed by atoms with E-state index in [0.29, 0.717) is 111 Å². The minimum absolute atomic E-state index is 0.0270. The summed E-state index contributed by atoms with van der Waals surface area (Å²) in [5.74, 6) is 3.37. The van der Waals surface area contributed by atoms with Crippen LogP contribution in [0.2, 0.25) is 0 Å². The highest BCUT2D eigenvalue weighted by Gasteiger charge is 2.39. The smallest absolute Gasteiger partial charge is 0.410 e. The maximum absolute atomic E-state index is 13.1. The molecule has 48 heteroatoms. The molecule has 4 aromatic heterocycles. The Morgan fingerprint density at radius 3 is 1.42 bits per heavy atom. The number of pyridine rings is 4. The molecule has 14 rings (SSSR count). The van der Waals surface area contributed by atoms with Crippen molar-refractivity contribution in [2.24, 2.45) is 0 Å². The monoisotopic (exact) mass is 2000 g/mol. The van der Waals surface area contributed by atoms with E-state index in [2.05, 4.69) is 36.8 Å². The van der Waals surface area contributed by atoms with Gasteiger partial charge in [-0.25, -0.2) is 45.0 Å². The number of hydrogen-bond donors (Lipinski definition) is 9. The number of halogens is 3. The first-order chi connectivity index (χ1) is 64.6. The Morgan fingerprint density at radius 2 is 0.970 bits per heavy atom. The molecule has 1 amide bonds. The predicted molar refractivity (Wildman–Crippen MR) is 507 cm³/mol. The molecule has 740 valence electrons. The maximum Gasteiger partial charge on any atom is 0.410 e. The molecule has 6 aliphatic rings. The van der Waals surface area contributed by atoms with E-state index in [4.69, 9.17) is 89.4 Å². The highest BCUT2D eigenvalue weighted by atomic mass is 35.7. The Morgan fingerprint density at radius 1 is 0.541 bits per heavy atom. The lowest BCUT2D eigenvalue weighted by Crippen LogP contribution is -2.47. The number of nitrogens with two attached hydrogens (primary N) is 4. The molecule has 10 heterocycles. The van der Waals surface area contributed by atoms with Crippen molar-refractivity contribution >= 4 is 112 Å². The van der Waals surface area contributed by atoms with Crippen LogP contribution in [0.25, 0.3) is 0 Å². The van der Waals surface area contributed by atoms with Crippen LogP contribution < -0.4 is 52.7 Å². The van der Waals surface area contributed by atoms with Crippen molar-refractivity contribution in [1.82, 2.24) is 44.7 Å². The quantitative estimate of drug-likeness (QED) is 0.00944. The summed E-state index contributed by atoms with van der Waals surface area (Å²) in [6, 6.07) is 33.2. The molecule has 4 aromatic carbocycles. The standard InChI is InChI=1S/C18H19ClN2O7S2.C17H20N4O5S.C12H16N4O.C11H17N3O.C11H21NO3.C6H4ClNO4S.C6H13NO.C5H6N2O.CH3F/c19-29(24,25)17-10-3-1-8-15(17)20-12-6-5-7-14(20)13-28-30(26,27)18-11-4-2-9-16(18)21(22)23;18-17-11-14(8-9-19-17)26-12-13-5-3-4-10-20(13)27(24,25)16-7-2-1-6-15(16)21(22)23;13-9-16-6-2-1-3-10(16)8-17-11-4-5-15-12(14)7-11;12-11-7-10(4-6-14-11)15-8-9-3-1-2-5-13-9;1-11(2,3)15-10(14)12-7-5-4-6-9(12)8-13;7-13(11,12)6-4-2-1-3-5(6)8(9)10;8-5-6-3-1-2-4-7-6;6-4-1-5(8)3-7-2-4;1-2/h1-4,8-11,14H,5-7,12-13H2;1-2,6-9,11,13H,3-5,10,12H2,(H2,18,19);4-5,7,10H,1-3,6,8H2,(H2,14,15);4,6-7,9,13H,1-3,5,8H2,(H2,12,14);9,13H,4-8H2,1-3H3;1-4H;6-8H,1-5H2;1-3,8H,6H2;1H3/i;;;;;;;;1D. The van der Waals surface area contributed by atoms with E-state index in [1.54, 1.807) is 75.6 Å². The number of aromatic hydroxyl groups is 1. The molecule has 41 nitrogen and oxygen atoms in total. The van der Waals surface area contributed by atoms with Crippen molar-refractivity contribution in [3.8, 4) is 29.2 Å². The van der Waals surface area contributed by atoms with Gasteiger partial charge in [0.25, 0.3) is 35.2 Å². The zero-order chi connectivity index (χ0) is 100. The van der Waals surface area contributed by atoms with Crippen LogP contribution >= 0.6 is 21.4 Å². The van der Waals surface area contributed by atoms with E-state index < -0.39 is 105 Å². The molecule has 6 saturated heterocycles. The first-order valence-corrected chi connectivity index (χ1v) is 50.6. The van der Waals surface area contributed by atoms with Gasteiger partial charge in [0.2, 0.25) is 10.0 Å². The van der Waals surface area contributed by atoms with Crippen LogP contribution in [0.5, 0.6) is 23.0 Å². The number of nitro groups is 3. The summed E-state index contributed by atoms with van der Waals surface area (Å²) in [5, 5.41) is 74.9. The number of anilines is 5. The van der Waals surface area contributed by atoms with Gasteiger partial charge < -0.3 is 82.5 Å². The number of carbonyl (C=O) groups is 1. The number of carbonyl (C=O) groups excluding carboxylic acids is 1. The lowest BCUT2D eigenvalue weighted by atomic mass is 10.0. The average molecular weight is 2000 g/mol. The number of benzene rings is 4. The third kappa shape index (κ3) is 38.7. The number of nitriles is 1. The zero-order valence-electron chi connectivity index (χ0n) is 76.0. The van der Waals surface area contributed by atoms with E-state index in [1.165, 1.54) is 116 Å². The summed E-state index contributed by atoms with van der Waals surface area (Å²) in [6.07, 6.45) is 27.5. The minimum Gasteiger partial charge on any atom is -0.506 e. The van der Waals surface area contributed by atoms with Crippen LogP contribution in [-0.4, -0.2) is 232 Å². The number of nitrogens with one attached hydrogen (secondary N) is 2. The summed E-state index contributed by atoms with van der Waals surface area (Å²) >= 11 is 0. The number of ether oxygens (including phenoxy) is 4. The Labute approximate surface area is 795 Å². The molecule has 0 saturated carbocycles. The lowest BCUT2D eigenvalue weighted by molar-refractivity contribution is -0.388. The Bertz CT molecular complexity index is 5600. The fourth-order valence-corrected chi connectivity index (χ4v) is 19.5. The molecule has 6 unspecified atom stereocenters. The fourth-order valence-electron chi connectivity index (χ4n) is 14.4. The van der Waals surface area contributed by atoms with Gasteiger partial charge in [-0.1, -0.05) is 67.8 Å². The van der Waals surface area contributed by atoms with Gasteiger partial charge in [-0.3, -0.25) is 43.9 Å². The second kappa shape index (κ2) is 56.8. The van der Waals surface area contributed by atoms with Gasteiger partial charge in [-0.2, -0.15) is 18.0 Å². The molecule has 0 radical (unpaired) electrons. The van der Waals surface area contributed by atoms with Gasteiger partial charge in [0.05, 0.1) is 91.1 Å². The molecular weight excluding hydrogens is 1880 g/mol. The number of likely N-dealkylation sites (tertiary alicyclic amines) is 2. The second-order valence-electron chi connectivity index (χ2n) is 31.9. The van der Waals surface area contributed by atoms with E-state index in [-0.39, 0.29) is 53.5 Å². The summed E-state index contributed by atoms with van der Waals surface area (Å²) in [5.41, 5.74) is 20.8. The van der Waals surface area contributed by atoms with Gasteiger partial charge in [-0.05, 0) is 179 Å². The second-order valence-corrected chi connectivity index (χ2v) is 40.5. The predicted octanol–water partition coefficient (Wildman–Crippen LogP) is 12.4. The van der Waals surface area contributed by atoms with Crippen molar-refractivity contribution in [2.75, 3.05) is 114 Å². The minimum atomic E-state index is -4.39. The fraction of sp³-hybridized carbons (Fsp3) is 0.471. The first kappa shape index (κ1) is 111. The Balaban J connectivity index is 0.000000246. The Hall–Kier alpha value is -11.5. The number of aliphatic hydroxyl groups excluding tert-OH is 2. The number of piperidine rings is 6. The number of nitrogens with zero attached hydrogens (tertiary/aromatic N) is 12. The van der Waals surface area contributed by atoms with Crippen molar-refractivity contribution in [3.63, 3.8) is 0 Å². The van der Waals surface area contributed by atoms with E-state index in [0.717, 1.165) is 114 Å². The van der Waals surface area contributed by atoms with Gasteiger partial charge in [0, 0.05) is 121 Å². The number of sulfonamides is 1. The van der Waals surface area contributed by atoms with Gasteiger partial charge >= 0.3 is 16.2 Å². The van der Waals surface area contributed by atoms with Crippen LogP contribution in [0.3, 0.4) is 0 Å². The number of nitro benzene ring substituents is 3. The molecule has 0 aliphatic carbocycles. The van der Waals surface area contributed by atoms with Crippen molar-refractivity contribution in [2.45, 2.75) is 198 Å². The molecule has 6 aliphatic heterocycles. The van der Waals surface area contributed by atoms with E-state index in [9.17, 15) is 73.2 Å². The van der Waals surface area contributed by atoms with Crippen LogP contribution in [0.15, 0.2) is 190 Å². The van der Waals surface area contributed by atoms with Gasteiger partial charge in [-0.15, -0.1) is 0 Å². The number of aromatic nitrogens is 4. The zero-order valence-corrected chi connectivity index (χ0v) is 79.8. The highest BCUT2D eigenvalue weighted by Crippen LogP contribution is 2.36. The molecule has 8 aromatic rings. The molecule has 0 spiro atoms. The average Bonchev–Trinajstić information content (AvgIpc) is 0.777. The molecule has 6 atom stereocenters. The first-order valence-electron chi connectivity index (χ1n) is 43.8. The Kier molecular flexibility index (Phi) is 46.5. The van der Waals surface area contributed by atoms with Crippen molar-refractivity contribution in [3.05, 3.63) is 201 Å². The summed E-state index contributed by atoms with van der Waals surface area (Å²) in [4.78, 5) is 61.4. The largest absolute Gasteiger partial charge is 0.506 e. The van der Waals surface area contributed by atoms with Crippen LogP contribution in [0.4, 0.5) is 55.1 Å². The number of nitrogen functional groups attached to an aromatic ring is 4. The third-order valence-corrected chi connectivity index (χ3v) is 27.0. The molecule has 135 heavy (non-hydrogen) atoms.